The highest BCUT2D eigenvalue weighted by atomic mass is 32.1. The molecule has 1 aromatic heterocycles. The second kappa shape index (κ2) is 7.13. The predicted octanol–water partition coefficient (Wildman–Crippen LogP) is 3.35. The molecule has 1 aliphatic carbocycles. The first-order chi connectivity index (χ1) is 11.5. The number of amides is 1. The molecule has 3 rings (SSSR count). The third-order valence-electron chi connectivity index (χ3n) is 4.15. The Kier molecular flexibility index (Phi) is 4.94. The molecule has 0 radical (unpaired) electrons. The van der Waals surface area contributed by atoms with E-state index in [9.17, 15) is 9.59 Å². The standard InChI is InChI=1S/C18H20N2O3S/c1-11-10-24-17(19-11)16(13-7-8-13)20-15(21)9-4-12-2-5-14(6-3-12)18(22)23/h2-3,5-6,10,13,16H,4,7-9H2,1H3,(H,20,21)(H,22,23)/t16-/m0/s1. The lowest BCUT2D eigenvalue weighted by molar-refractivity contribution is -0.122. The maximum absolute atomic E-state index is 12.3. The Morgan fingerprint density at radius 1 is 1.33 bits per heavy atom. The molecule has 0 saturated heterocycles. The van der Waals surface area contributed by atoms with Crippen LogP contribution in [0, 0.1) is 12.8 Å². The largest absolute Gasteiger partial charge is 0.478 e. The number of aromatic nitrogens is 1. The summed E-state index contributed by atoms with van der Waals surface area (Å²) in [5, 5.41) is 15.0. The minimum atomic E-state index is -0.940. The molecule has 126 valence electrons. The van der Waals surface area contributed by atoms with Crippen LogP contribution in [0.4, 0.5) is 0 Å². The molecule has 1 aromatic carbocycles. The van der Waals surface area contributed by atoms with Gasteiger partial charge in [0.05, 0.1) is 11.6 Å². The minimum absolute atomic E-state index is 0.0158. The number of carboxylic acids is 1. The van der Waals surface area contributed by atoms with Crippen LogP contribution >= 0.6 is 11.3 Å². The average Bonchev–Trinajstić information content (AvgIpc) is 3.32. The average molecular weight is 344 g/mol. The van der Waals surface area contributed by atoms with Crippen LogP contribution < -0.4 is 5.32 Å². The lowest BCUT2D eigenvalue weighted by Crippen LogP contribution is -2.30. The summed E-state index contributed by atoms with van der Waals surface area (Å²) < 4.78 is 0. The normalized spacial score (nSPS) is 15.0. The molecule has 0 unspecified atom stereocenters. The number of hydrogen-bond donors (Lipinski definition) is 2. The highest BCUT2D eigenvalue weighted by molar-refractivity contribution is 7.09. The first-order valence-electron chi connectivity index (χ1n) is 8.06. The number of thiazole rings is 1. The lowest BCUT2D eigenvalue weighted by atomic mass is 10.1. The molecule has 1 aliphatic rings. The summed E-state index contributed by atoms with van der Waals surface area (Å²) in [6.45, 7) is 1.96. The molecule has 0 aliphatic heterocycles. The van der Waals surface area contributed by atoms with Crippen molar-refractivity contribution in [3.8, 4) is 0 Å². The Balaban J connectivity index is 1.55. The van der Waals surface area contributed by atoms with Crippen molar-refractivity contribution in [1.29, 1.82) is 0 Å². The van der Waals surface area contributed by atoms with Crippen LogP contribution in [0.2, 0.25) is 0 Å². The summed E-state index contributed by atoms with van der Waals surface area (Å²) >= 11 is 1.61. The van der Waals surface area contributed by atoms with Gasteiger partial charge in [0.15, 0.2) is 0 Å². The number of rotatable bonds is 7. The monoisotopic (exact) mass is 344 g/mol. The molecular formula is C18H20N2O3S. The molecule has 1 heterocycles. The third kappa shape index (κ3) is 4.20. The molecule has 5 nitrogen and oxygen atoms in total. The zero-order valence-electron chi connectivity index (χ0n) is 13.5. The summed E-state index contributed by atoms with van der Waals surface area (Å²) in [5.41, 5.74) is 2.22. The maximum atomic E-state index is 12.3. The van der Waals surface area contributed by atoms with E-state index in [0.717, 1.165) is 29.1 Å². The number of carboxylic acid groups (broad SMARTS) is 1. The van der Waals surface area contributed by atoms with Crippen molar-refractivity contribution in [2.75, 3.05) is 0 Å². The van der Waals surface area contributed by atoms with Gasteiger partial charge in [-0.15, -0.1) is 11.3 Å². The lowest BCUT2D eigenvalue weighted by Gasteiger charge is -2.16. The number of carbonyl (C=O) groups excluding carboxylic acids is 1. The van der Waals surface area contributed by atoms with E-state index < -0.39 is 5.97 Å². The zero-order valence-corrected chi connectivity index (χ0v) is 14.3. The Morgan fingerprint density at radius 2 is 2.04 bits per heavy atom. The van der Waals surface area contributed by atoms with Crippen molar-refractivity contribution in [3.05, 3.63) is 51.5 Å². The summed E-state index contributed by atoms with van der Waals surface area (Å²) in [4.78, 5) is 27.6. The van der Waals surface area contributed by atoms with Gasteiger partial charge in [-0.1, -0.05) is 12.1 Å². The smallest absolute Gasteiger partial charge is 0.335 e. The molecule has 1 atom stereocenters. The molecule has 1 saturated carbocycles. The van der Waals surface area contributed by atoms with Crippen LogP contribution in [-0.2, 0) is 11.2 Å². The maximum Gasteiger partial charge on any atom is 0.335 e. The molecule has 0 spiro atoms. The van der Waals surface area contributed by atoms with Gasteiger partial charge in [0, 0.05) is 17.5 Å². The van der Waals surface area contributed by atoms with Gasteiger partial charge in [-0.05, 0) is 49.8 Å². The summed E-state index contributed by atoms with van der Waals surface area (Å²) in [6.07, 6.45) is 3.26. The number of aryl methyl sites for hydroxylation is 2. The number of nitrogens with zero attached hydrogens (tertiary/aromatic N) is 1. The topological polar surface area (TPSA) is 79.3 Å². The summed E-state index contributed by atoms with van der Waals surface area (Å²) in [6, 6.07) is 6.70. The van der Waals surface area contributed by atoms with Crippen LogP contribution in [0.15, 0.2) is 29.6 Å². The van der Waals surface area contributed by atoms with Crippen molar-refractivity contribution in [1.82, 2.24) is 10.3 Å². The minimum Gasteiger partial charge on any atom is -0.478 e. The van der Waals surface area contributed by atoms with Crippen molar-refractivity contribution in [3.63, 3.8) is 0 Å². The van der Waals surface area contributed by atoms with Crippen LogP contribution in [0.3, 0.4) is 0 Å². The highest BCUT2D eigenvalue weighted by Gasteiger charge is 2.35. The second-order valence-electron chi connectivity index (χ2n) is 6.21. The van der Waals surface area contributed by atoms with Crippen LogP contribution in [-0.4, -0.2) is 22.0 Å². The number of nitrogens with one attached hydrogen (secondary N) is 1. The molecule has 1 amide bonds. The van der Waals surface area contributed by atoms with Gasteiger partial charge in [0.2, 0.25) is 5.91 Å². The van der Waals surface area contributed by atoms with Crippen molar-refractivity contribution < 1.29 is 14.7 Å². The van der Waals surface area contributed by atoms with Gasteiger partial charge in [-0.2, -0.15) is 0 Å². The predicted molar refractivity (Wildman–Crippen MR) is 92.2 cm³/mol. The van der Waals surface area contributed by atoms with Crippen molar-refractivity contribution in [2.24, 2.45) is 5.92 Å². The molecule has 6 heteroatoms. The molecule has 0 bridgehead atoms. The molecule has 2 N–H and O–H groups in total. The zero-order chi connectivity index (χ0) is 17.1. The van der Waals surface area contributed by atoms with Crippen LogP contribution in [0.1, 0.15) is 51.9 Å². The Bertz CT molecular complexity index is 735. The first kappa shape index (κ1) is 16.6. The molecule has 1 fully saturated rings. The number of aromatic carboxylic acids is 1. The van der Waals surface area contributed by atoms with E-state index in [1.54, 1.807) is 35.6 Å². The van der Waals surface area contributed by atoms with Gasteiger partial charge < -0.3 is 10.4 Å². The van der Waals surface area contributed by atoms with E-state index >= 15 is 0 Å². The van der Waals surface area contributed by atoms with Crippen LogP contribution in [0.25, 0.3) is 0 Å². The number of carbonyl (C=O) groups is 2. The van der Waals surface area contributed by atoms with E-state index in [1.165, 1.54) is 0 Å². The summed E-state index contributed by atoms with van der Waals surface area (Å²) in [7, 11) is 0. The fourth-order valence-corrected chi connectivity index (χ4v) is 3.58. The van der Waals surface area contributed by atoms with E-state index in [2.05, 4.69) is 10.3 Å². The molecule has 24 heavy (non-hydrogen) atoms. The Hall–Kier alpha value is -2.21. The quantitative estimate of drug-likeness (QED) is 0.807. The Labute approximate surface area is 144 Å². The van der Waals surface area contributed by atoms with Gasteiger partial charge in [-0.25, -0.2) is 9.78 Å². The van der Waals surface area contributed by atoms with Gasteiger partial charge >= 0.3 is 5.97 Å². The fourth-order valence-electron chi connectivity index (χ4n) is 2.64. The Morgan fingerprint density at radius 3 is 2.58 bits per heavy atom. The van der Waals surface area contributed by atoms with Gasteiger partial charge in [0.1, 0.15) is 5.01 Å². The van der Waals surface area contributed by atoms with Gasteiger partial charge in [-0.3, -0.25) is 4.79 Å². The SMILES string of the molecule is Cc1csc([C@@H](NC(=O)CCc2ccc(C(=O)O)cc2)C2CC2)n1. The number of hydrogen-bond acceptors (Lipinski definition) is 4. The van der Waals surface area contributed by atoms with E-state index in [0.29, 0.717) is 18.8 Å². The first-order valence-corrected chi connectivity index (χ1v) is 8.94. The molecular weight excluding hydrogens is 324 g/mol. The highest BCUT2D eigenvalue weighted by Crippen LogP contribution is 2.41. The fraction of sp³-hybridized carbons (Fsp3) is 0.389. The van der Waals surface area contributed by atoms with Crippen molar-refractivity contribution >= 4 is 23.2 Å². The van der Waals surface area contributed by atoms with E-state index in [-0.39, 0.29) is 17.5 Å². The van der Waals surface area contributed by atoms with E-state index in [1.807, 2.05) is 12.3 Å². The van der Waals surface area contributed by atoms with Crippen molar-refractivity contribution in [2.45, 2.75) is 38.6 Å². The van der Waals surface area contributed by atoms with E-state index in [4.69, 9.17) is 5.11 Å². The summed E-state index contributed by atoms with van der Waals surface area (Å²) in [5.74, 6) is -0.415. The third-order valence-corrected chi connectivity index (χ3v) is 5.20. The van der Waals surface area contributed by atoms with Crippen LogP contribution in [0.5, 0.6) is 0 Å². The molecule has 2 aromatic rings. The van der Waals surface area contributed by atoms with Gasteiger partial charge in [0.25, 0.3) is 0 Å². The number of benzene rings is 1. The second-order valence-corrected chi connectivity index (χ2v) is 7.10.